The second kappa shape index (κ2) is 6.16. The number of hydrogen-bond donors (Lipinski definition) is 1. The van der Waals surface area contributed by atoms with Crippen molar-refractivity contribution in [1.82, 2.24) is 4.90 Å². The number of nitrogens with one attached hydrogen (secondary N) is 1. The number of nitrogens with zero attached hydrogens (tertiary/aromatic N) is 1. The van der Waals surface area contributed by atoms with Gasteiger partial charge in [-0.25, -0.2) is 4.90 Å². The van der Waals surface area contributed by atoms with Crippen molar-refractivity contribution in [3.05, 3.63) is 34.4 Å². The van der Waals surface area contributed by atoms with E-state index < -0.39 is 0 Å². The molecule has 1 unspecified atom stereocenters. The van der Waals surface area contributed by atoms with Gasteiger partial charge < -0.3 is 28.9 Å². The molecule has 1 aromatic carbocycles. The number of benzene rings is 1. The zero-order chi connectivity index (χ0) is 11.7. The molecule has 2 nitrogen and oxygen atoms in total. The molecule has 0 spiro atoms. The Morgan fingerprint density at radius 3 is 2.24 bits per heavy atom. The normalized spacial score (nSPS) is 20.4. The van der Waals surface area contributed by atoms with Crippen molar-refractivity contribution in [3.8, 4) is 0 Å². The summed E-state index contributed by atoms with van der Waals surface area (Å²) in [5.74, 6) is 0. The molecule has 0 bridgehead atoms. The maximum atomic E-state index is 2.56. The van der Waals surface area contributed by atoms with Crippen LogP contribution in [0.1, 0.15) is 22.3 Å². The lowest BCUT2D eigenvalue weighted by Gasteiger charge is -2.17. The van der Waals surface area contributed by atoms with Gasteiger partial charge in [-0.1, -0.05) is 17.7 Å². The van der Waals surface area contributed by atoms with Crippen LogP contribution in [0, 0.1) is 20.8 Å². The van der Waals surface area contributed by atoms with Gasteiger partial charge in [-0.2, -0.15) is 0 Å². The van der Waals surface area contributed by atoms with Crippen LogP contribution in [0.2, 0.25) is 0 Å². The average molecular weight is 346 g/mol. The quantitative estimate of drug-likeness (QED) is 0.604. The zero-order valence-corrected chi connectivity index (χ0v) is 13.5. The van der Waals surface area contributed by atoms with Gasteiger partial charge in [0.2, 0.25) is 0 Å². The minimum atomic E-state index is 0. The summed E-state index contributed by atoms with van der Waals surface area (Å²) >= 11 is 0. The molecule has 96 valence electrons. The van der Waals surface area contributed by atoms with Gasteiger partial charge >= 0.3 is 0 Å². The average Bonchev–Trinajstić information content (AvgIpc) is 2.58. The lowest BCUT2D eigenvalue weighted by Crippen LogP contribution is -3.07. The van der Waals surface area contributed by atoms with E-state index in [-0.39, 0.29) is 24.0 Å². The van der Waals surface area contributed by atoms with E-state index in [1.54, 1.807) is 4.90 Å². The van der Waals surface area contributed by atoms with Gasteiger partial charge in [0.1, 0.15) is 6.67 Å². The highest BCUT2D eigenvalue weighted by atomic mass is 127. The van der Waals surface area contributed by atoms with Crippen LogP contribution in [0.5, 0.6) is 0 Å². The molecule has 1 aliphatic heterocycles. The van der Waals surface area contributed by atoms with E-state index in [2.05, 4.69) is 44.9 Å². The van der Waals surface area contributed by atoms with E-state index in [4.69, 9.17) is 0 Å². The van der Waals surface area contributed by atoms with Crippen LogP contribution >= 0.6 is 0 Å². The largest absolute Gasteiger partial charge is 1.00 e. The molecular formula is C14H23IN2. The Labute approximate surface area is 122 Å². The smallest absolute Gasteiger partial charge is 0.133 e. The third kappa shape index (κ3) is 3.66. The van der Waals surface area contributed by atoms with Gasteiger partial charge in [-0.3, -0.25) is 0 Å². The minimum Gasteiger partial charge on any atom is -1.00 e. The Balaban J connectivity index is 0.00000144. The van der Waals surface area contributed by atoms with Crippen molar-refractivity contribution >= 4 is 0 Å². The first-order valence-electron chi connectivity index (χ1n) is 6.16. The van der Waals surface area contributed by atoms with Crippen molar-refractivity contribution in [1.29, 1.82) is 0 Å². The summed E-state index contributed by atoms with van der Waals surface area (Å²) in [5.41, 5.74) is 5.80. The van der Waals surface area contributed by atoms with Crippen LogP contribution in [0.3, 0.4) is 0 Å². The number of halogens is 1. The van der Waals surface area contributed by atoms with Gasteiger partial charge in [-0.05, 0) is 37.5 Å². The summed E-state index contributed by atoms with van der Waals surface area (Å²) < 4.78 is 0. The summed E-state index contributed by atoms with van der Waals surface area (Å²) in [6.45, 7) is 11.5. The van der Waals surface area contributed by atoms with Crippen molar-refractivity contribution in [2.45, 2.75) is 27.3 Å². The minimum absolute atomic E-state index is 0. The fraction of sp³-hybridized carbons (Fsp3) is 0.571. The summed E-state index contributed by atoms with van der Waals surface area (Å²) in [4.78, 5) is 4.18. The van der Waals surface area contributed by atoms with Crippen LogP contribution in [-0.2, 0) is 6.54 Å². The van der Waals surface area contributed by atoms with Gasteiger partial charge in [0.05, 0.1) is 20.1 Å². The maximum absolute atomic E-state index is 2.56. The van der Waals surface area contributed by atoms with Crippen LogP contribution < -0.4 is 28.9 Å². The standard InChI is InChI=1S/C14H22N2.HI/c1-11-7-12(2)14(13(3)8-11)9-16-6-5-15(4)10-16;/h7-8H,5-6,9-10H2,1-4H3;1H. The highest BCUT2D eigenvalue weighted by Crippen LogP contribution is 2.18. The second-order valence-corrected chi connectivity index (χ2v) is 5.30. The molecule has 2 rings (SSSR count). The first kappa shape index (κ1) is 14.9. The van der Waals surface area contributed by atoms with Gasteiger partial charge in [0.25, 0.3) is 0 Å². The Hall–Kier alpha value is -0.130. The van der Waals surface area contributed by atoms with E-state index in [1.165, 1.54) is 42.0 Å². The summed E-state index contributed by atoms with van der Waals surface area (Å²) in [5, 5.41) is 0. The SMILES string of the molecule is Cc1cc(C)c(CN2CC[NH+](C)C2)c(C)c1.[I-]. The van der Waals surface area contributed by atoms with E-state index in [9.17, 15) is 0 Å². The number of rotatable bonds is 2. The van der Waals surface area contributed by atoms with Crippen molar-refractivity contribution < 1.29 is 28.9 Å². The predicted octanol–water partition coefficient (Wildman–Crippen LogP) is -2.10. The Kier molecular flexibility index (Phi) is 5.41. The Morgan fingerprint density at radius 1 is 1.18 bits per heavy atom. The molecule has 0 amide bonds. The van der Waals surface area contributed by atoms with Crippen molar-refractivity contribution in [3.63, 3.8) is 0 Å². The highest BCUT2D eigenvalue weighted by molar-refractivity contribution is 5.37. The van der Waals surface area contributed by atoms with Crippen LogP contribution in [0.15, 0.2) is 12.1 Å². The molecule has 1 heterocycles. The number of hydrogen-bond acceptors (Lipinski definition) is 1. The zero-order valence-electron chi connectivity index (χ0n) is 11.3. The molecule has 1 saturated heterocycles. The van der Waals surface area contributed by atoms with Crippen LogP contribution in [0.4, 0.5) is 0 Å². The van der Waals surface area contributed by atoms with E-state index in [1.807, 2.05) is 0 Å². The molecule has 0 aliphatic carbocycles. The lowest BCUT2D eigenvalue weighted by molar-refractivity contribution is -0.871. The summed E-state index contributed by atoms with van der Waals surface area (Å²) in [6.07, 6.45) is 0. The maximum Gasteiger partial charge on any atom is 0.133 e. The summed E-state index contributed by atoms with van der Waals surface area (Å²) in [7, 11) is 2.27. The molecule has 1 aromatic rings. The monoisotopic (exact) mass is 346 g/mol. The van der Waals surface area contributed by atoms with Crippen LogP contribution in [0.25, 0.3) is 0 Å². The number of aryl methyl sites for hydroxylation is 3. The topological polar surface area (TPSA) is 7.68 Å². The van der Waals surface area contributed by atoms with Gasteiger partial charge in [0, 0.05) is 6.54 Å². The number of likely N-dealkylation sites (N-methyl/N-ethyl adjacent to an activating group) is 1. The van der Waals surface area contributed by atoms with E-state index >= 15 is 0 Å². The first-order valence-corrected chi connectivity index (χ1v) is 6.16. The van der Waals surface area contributed by atoms with Crippen LogP contribution in [-0.4, -0.2) is 31.7 Å². The summed E-state index contributed by atoms with van der Waals surface area (Å²) in [6, 6.07) is 4.60. The van der Waals surface area contributed by atoms with Crippen molar-refractivity contribution in [2.24, 2.45) is 0 Å². The molecule has 1 fully saturated rings. The molecule has 17 heavy (non-hydrogen) atoms. The highest BCUT2D eigenvalue weighted by Gasteiger charge is 2.20. The Morgan fingerprint density at radius 2 is 1.76 bits per heavy atom. The fourth-order valence-corrected chi connectivity index (χ4v) is 2.71. The molecule has 0 aromatic heterocycles. The molecule has 1 aliphatic rings. The molecule has 0 saturated carbocycles. The second-order valence-electron chi connectivity index (χ2n) is 5.30. The molecule has 0 radical (unpaired) electrons. The third-order valence-corrected chi connectivity index (χ3v) is 3.57. The lowest BCUT2D eigenvalue weighted by atomic mass is 9.99. The molecule has 3 heteroatoms. The van der Waals surface area contributed by atoms with E-state index in [0.717, 1.165) is 6.54 Å². The molecular weight excluding hydrogens is 323 g/mol. The third-order valence-electron chi connectivity index (χ3n) is 3.57. The molecule has 1 atom stereocenters. The molecule has 1 N–H and O–H groups in total. The predicted molar refractivity (Wildman–Crippen MR) is 67.7 cm³/mol. The van der Waals surface area contributed by atoms with E-state index in [0.29, 0.717) is 0 Å². The van der Waals surface area contributed by atoms with Gasteiger partial charge in [-0.15, -0.1) is 0 Å². The number of quaternary nitrogens is 1. The van der Waals surface area contributed by atoms with Gasteiger partial charge in [0.15, 0.2) is 0 Å². The first-order chi connectivity index (χ1) is 7.56. The Bertz CT molecular complexity index is 367. The fourth-order valence-electron chi connectivity index (χ4n) is 2.71. The van der Waals surface area contributed by atoms with Crippen molar-refractivity contribution in [2.75, 3.05) is 26.8 Å².